The van der Waals surface area contributed by atoms with E-state index in [0.717, 1.165) is 0 Å². The van der Waals surface area contributed by atoms with E-state index in [-0.39, 0.29) is 0 Å². The lowest BCUT2D eigenvalue weighted by Crippen LogP contribution is -2.72. The summed E-state index contributed by atoms with van der Waals surface area (Å²) in [4.78, 5) is 2.58. The first-order chi connectivity index (χ1) is 30.3. The van der Waals surface area contributed by atoms with Crippen LogP contribution in [0.5, 0.6) is 0 Å². The van der Waals surface area contributed by atoms with Crippen LogP contribution in [0, 0.1) is 0 Å². The smallest absolute Gasteiger partial charge is 0.0711 e. The highest BCUT2D eigenvalue weighted by atomic mass is 32.1. The van der Waals surface area contributed by atoms with Crippen molar-refractivity contribution < 1.29 is 0 Å². The summed E-state index contributed by atoms with van der Waals surface area (Å²) in [5.74, 6) is 0. The van der Waals surface area contributed by atoms with Crippen molar-refractivity contribution in [1.82, 2.24) is 9.13 Å². The fraction of sp³-hybridized carbons (Fsp3) is 0. The fourth-order valence-electron chi connectivity index (χ4n) is 10.3. The molecule has 61 heavy (non-hydrogen) atoms. The number of rotatable bonds is 6. The van der Waals surface area contributed by atoms with Gasteiger partial charge < -0.3 is 9.13 Å². The van der Waals surface area contributed by atoms with Gasteiger partial charge in [-0.05, 0) is 73.8 Å². The van der Waals surface area contributed by atoms with E-state index in [0.29, 0.717) is 0 Å². The van der Waals surface area contributed by atoms with E-state index >= 15 is 0 Å². The van der Waals surface area contributed by atoms with E-state index in [4.69, 9.17) is 0 Å². The fourth-order valence-corrected chi connectivity index (χ4v) is 17.9. The summed E-state index contributed by atoms with van der Waals surface area (Å²) in [6, 6.07) is 81.4. The molecule has 0 fully saturated rings. The van der Waals surface area contributed by atoms with Gasteiger partial charge in [-0.2, -0.15) is 20.7 Å². The minimum Gasteiger partial charge on any atom is -0.309 e. The highest BCUT2D eigenvalue weighted by molar-refractivity contribution is 7.30. The molecule has 8 aromatic carbocycles. The molecule has 1 aliphatic rings. The van der Waals surface area contributed by atoms with Crippen LogP contribution in [0.4, 0.5) is 0 Å². The van der Waals surface area contributed by atoms with Crippen molar-refractivity contribution in [2.75, 3.05) is 0 Å². The molecule has 4 aromatic heterocycles. The molecule has 5 heterocycles. The summed E-state index contributed by atoms with van der Waals surface area (Å²) in [5, 5.41) is 8.34. The second kappa shape index (κ2) is 13.5. The molecule has 12 aromatic rings. The Kier molecular flexibility index (Phi) is 7.70. The van der Waals surface area contributed by atoms with Crippen LogP contribution < -0.4 is 20.7 Å². The lowest BCUT2D eigenvalue weighted by Gasteiger charge is -2.44. The number of benzene rings is 8. The first-order valence-electron chi connectivity index (χ1n) is 20.8. The van der Waals surface area contributed by atoms with Crippen LogP contribution in [-0.2, 0) is 0 Å². The highest BCUT2D eigenvalue weighted by Gasteiger charge is 2.36. The first kappa shape index (κ1) is 34.8. The lowest BCUT2D eigenvalue weighted by atomic mass is 10.0. The molecule has 0 spiro atoms. The minimum absolute atomic E-state index is 1.18. The first-order valence-corrected chi connectivity index (χ1v) is 24.5. The maximum Gasteiger partial charge on any atom is 0.0711 e. The molecule has 287 valence electrons. The topological polar surface area (TPSA) is 9.86 Å². The molecule has 0 amide bonds. The van der Waals surface area contributed by atoms with Crippen LogP contribution in [0.15, 0.2) is 218 Å². The Labute approximate surface area is 362 Å². The summed E-state index contributed by atoms with van der Waals surface area (Å²) in [5.41, 5.74) is 12.6. The van der Waals surface area contributed by atoms with Gasteiger partial charge >= 0.3 is 0 Å². The Morgan fingerprint density at radius 1 is 0.328 bits per heavy atom. The number of fused-ring (bicyclic) bond motifs is 9. The lowest BCUT2D eigenvalue weighted by molar-refractivity contribution is 1.18. The van der Waals surface area contributed by atoms with Crippen LogP contribution >= 0.6 is 22.7 Å². The Bertz CT molecular complexity index is 3590. The van der Waals surface area contributed by atoms with Gasteiger partial charge in [0, 0.05) is 31.9 Å². The maximum absolute atomic E-state index is 2.61. The normalized spacial score (nSPS) is 13.0. The van der Waals surface area contributed by atoms with E-state index < -0.39 is 8.07 Å². The van der Waals surface area contributed by atoms with Gasteiger partial charge in [-0.3, -0.25) is 0 Å². The summed E-state index contributed by atoms with van der Waals surface area (Å²) in [6.07, 6.45) is 0. The molecule has 2 nitrogen and oxygen atoms in total. The van der Waals surface area contributed by atoms with Crippen LogP contribution in [0.1, 0.15) is 0 Å². The van der Waals surface area contributed by atoms with Gasteiger partial charge in [0.1, 0.15) is 0 Å². The summed E-state index contributed by atoms with van der Waals surface area (Å²) >= 11 is 3.85. The van der Waals surface area contributed by atoms with E-state index in [9.17, 15) is 0 Å². The van der Waals surface area contributed by atoms with Gasteiger partial charge in [-0.25, -0.2) is 0 Å². The average molecular weight is 829 g/mol. The third kappa shape index (κ3) is 5.06. The quantitative estimate of drug-likeness (QED) is 0.148. The second-order valence-electron chi connectivity index (χ2n) is 16.0. The Morgan fingerprint density at radius 3 is 1.44 bits per heavy atom. The van der Waals surface area contributed by atoms with Gasteiger partial charge in [-0.1, -0.05) is 175 Å². The van der Waals surface area contributed by atoms with Crippen molar-refractivity contribution in [3.63, 3.8) is 0 Å². The molecule has 13 rings (SSSR count). The zero-order chi connectivity index (χ0) is 40.1. The van der Waals surface area contributed by atoms with Crippen molar-refractivity contribution in [1.29, 1.82) is 0 Å². The number of thiophene rings is 2. The molecule has 1 aliphatic heterocycles. The van der Waals surface area contributed by atoms with Gasteiger partial charge in [0.25, 0.3) is 0 Å². The van der Waals surface area contributed by atoms with E-state index in [1.807, 2.05) is 22.7 Å². The van der Waals surface area contributed by atoms with Crippen molar-refractivity contribution in [3.05, 3.63) is 218 Å². The predicted octanol–water partition coefficient (Wildman–Crippen LogP) is 12.7. The number of nitrogens with zero attached hydrogens (tertiary/aromatic N) is 2. The molecule has 0 N–H and O–H groups in total. The second-order valence-corrected chi connectivity index (χ2v) is 21.9. The minimum atomic E-state index is -2.61. The number of para-hydroxylation sites is 3. The molecule has 0 radical (unpaired) electrons. The molecule has 0 saturated heterocycles. The molecular formula is C56H36N2S2Si-. The van der Waals surface area contributed by atoms with E-state index in [1.54, 1.807) is 0 Å². The molecule has 0 atom stereocenters. The van der Waals surface area contributed by atoms with Crippen LogP contribution in [-0.4, -0.2) is 17.2 Å². The summed E-state index contributed by atoms with van der Waals surface area (Å²) < 4.78 is 7.55. The largest absolute Gasteiger partial charge is 0.309 e. The van der Waals surface area contributed by atoms with Gasteiger partial charge in [0.05, 0.1) is 31.5 Å². The van der Waals surface area contributed by atoms with Crippen molar-refractivity contribution in [2.45, 2.75) is 0 Å². The van der Waals surface area contributed by atoms with Gasteiger partial charge in [0.2, 0.25) is 0 Å². The molecular weight excluding hydrogens is 793 g/mol. The standard InChI is InChI=1S/C56H36N2S2Si/c1-5-17-39(18-6-1)57-47-27-15-13-25-43(47)46-33-37(30-32-48(46)57)51-35-49-55(59-51)56-50(58(49)40-19-7-2-8-20-40)36-52(60-56)38-29-31-45-44-26-14-16-28-53(44)61(54(45)34-38,41-21-9-3-10-22-41)42-23-11-4-12-24-42/h1-36H/q-1. The van der Waals surface area contributed by atoms with E-state index in [1.165, 1.54) is 106 Å². The Balaban J connectivity index is 1.00. The molecule has 5 heteroatoms. The number of aromatic nitrogens is 2. The zero-order valence-corrected chi connectivity index (χ0v) is 35.6. The van der Waals surface area contributed by atoms with Crippen molar-refractivity contribution in [2.24, 2.45) is 0 Å². The summed E-state index contributed by atoms with van der Waals surface area (Å²) in [7, 11) is -2.61. The molecule has 0 aliphatic carbocycles. The van der Waals surface area contributed by atoms with Crippen LogP contribution in [0.2, 0.25) is 0 Å². The molecule has 0 bridgehead atoms. The van der Waals surface area contributed by atoms with Crippen LogP contribution in [0.3, 0.4) is 0 Å². The van der Waals surface area contributed by atoms with Crippen molar-refractivity contribution >= 4 is 93.7 Å². The van der Waals surface area contributed by atoms with E-state index in [2.05, 4.69) is 228 Å². The molecule has 0 saturated carbocycles. The monoisotopic (exact) mass is 828 g/mol. The predicted molar refractivity (Wildman–Crippen MR) is 264 cm³/mol. The van der Waals surface area contributed by atoms with Crippen LogP contribution in [0.25, 0.3) is 85.6 Å². The average Bonchev–Trinajstić information content (AvgIpc) is 4.14. The highest BCUT2D eigenvalue weighted by Crippen LogP contribution is 2.47. The third-order valence-corrected chi connectivity index (χ3v) is 20.2. The molecule has 0 unspecified atom stereocenters. The Hall–Kier alpha value is -7.02. The van der Waals surface area contributed by atoms with Crippen molar-refractivity contribution in [3.8, 4) is 43.4 Å². The SMILES string of the molecule is c1ccc(-n2c3ccccc3c3cc(-c4cc5c(s4)c4sc(-c6ccc7c(c6)[Si-](c6ccccc6)(c6ccccc6)c6ccccc6-7)cc4n5-c4ccccc4)ccc32)cc1. The number of hydrogen-bond acceptors (Lipinski definition) is 2. The van der Waals surface area contributed by atoms with Gasteiger partial charge in [-0.15, -0.1) is 22.7 Å². The zero-order valence-electron chi connectivity index (χ0n) is 33.0. The summed E-state index contributed by atoms with van der Waals surface area (Å²) in [6.45, 7) is 0. The Morgan fingerprint density at radius 2 is 0.803 bits per heavy atom. The third-order valence-electron chi connectivity index (χ3n) is 12.8. The van der Waals surface area contributed by atoms with Gasteiger partial charge in [0.15, 0.2) is 0 Å². The maximum atomic E-state index is 2.55. The number of hydrogen-bond donors (Lipinski definition) is 0.